The first kappa shape index (κ1) is 42.9. The normalized spacial score (nSPS) is 35.9. The Balaban J connectivity index is 1.29. The topological polar surface area (TPSA) is 133 Å². The van der Waals surface area contributed by atoms with Crippen molar-refractivity contribution in [1.29, 1.82) is 0 Å². The number of carbonyl (C=O) groups excluding carboxylic acids is 2. The Labute approximate surface area is 336 Å². The number of aliphatic hydroxyl groups excluding tert-OH is 1. The maximum atomic E-state index is 14.3. The minimum absolute atomic E-state index is 0.0344. The molecule has 10 heteroatoms. The van der Waals surface area contributed by atoms with E-state index in [1.165, 1.54) is 5.57 Å². The maximum absolute atomic E-state index is 14.3. The Bertz CT molecular complexity index is 1690. The van der Waals surface area contributed by atoms with Crippen LogP contribution in [0.3, 0.4) is 0 Å². The number of carboxylic acids is 1. The van der Waals surface area contributed by atoms with Crippen molar-refractivity contribution >= 4 is 17.7 Å². The van der Waals surface area contributed by atoms with E-state index in [4.69, 9.17) is 4.74 Å². The van der Waals surface area contributed by atoms with Crippen LogP contribution in [0.5, 0.6) is 0 Å². The Kier molecular flexibility index (Phi) is 11.6. The van der Waals surface area contributed by atoms with Crippen LogP contribution in [0.25, 0.3) is 0 Å². The van der Waals surface area contributed by atoms with Crippen molar-refractivity contribution in [3.8, 4) is 0 Å². The molecule has 4 fully saturated rings. The zero-order valence-electron chi connectivity index (χ0n) is 36.4. The molecular weight excluding hydrogens is 705 g/mol. The number of allylic oxidation sites excluding steroid dienone is 1. The predicted molar refractivity (Wildman–Crippen MR) is 217 cm³/mol. The van der Waals surface area contributed by atoms with Gasteiger partial charge in [-0.05, 0) is 137 Å². The van der Waals surface area contributed by atoms with Crippen LogP contribution in [0.4, 0.5) is 0 Å². The van der Waals surface area contributed by atoms with Crippen molar-refractivity contribution in [3.05, 3.63) is 35.2 Å². The highest BCUT2D eigenvalue weighted by molar-refractivity contribution is 6.00. The van der Waals surface area contributed by atoms with Gasteiger partial charge in [0, 0.05) is 49.6 Å². The number of hydrogen-bond acceptors (Lipinski definition) is 9. The fraction of sp³-hybridized carbons (Fsp3) is 0.804. The zero-order chi connectivity index (χ0) is 41.2. The summed E-state index contributed by atoms with van der Waals surface area (Å²) in [6, 6.07) is 3.90. The minimum atomic E-state index is -1.17. The molecule has 0 aliphatic heterocycles. The molecule has 1 heterocycles. The second-order valence-electron chi connectivity index (χ2n) is 21.3. The first-order valence-electron chi connectivity index (χ1n) is 21.6. The Morgan fingerprint density at radius 1 is 0.964 bits per heavy atom. The van der Waals surface area contributed by atoms with Crippen LogP contribution in [0, 0.1) is 56.2 Å². The van der Waals surface area contributed by atoms with Gasteiger partial charge in [0.2, 0.25) is 0 Å². The van der Waals surface area contributed by atoms with Crippen LogP contribution in [0.15, 0.2) is 29.5 Å². The van der Waals surface area contributed by atoms with Gasteiger partial charge in [0.05, 0.1) is 23.6 Å². The van der Waals surface area contributed by atoms with Gasteiger partial charge in [0.15, 0.2) is 5.78 Å². The molecule has 0 spiro atoms. The standard InChI is InChI=1S/C46H72N4O6/c1-29(2)38-32(51)25-46(35(52)28-50(24-23-49(10)11)27-30-13-12-22-47-48-30)21-20-44(8)31(39(38)46)14-15-34-43(7)18-17-36(56-37(53)26-41(3,4)40(54)55)42(5,6)33(43)16-19-45(34,44)9/h12-13,22,29,31,33-36,52H,14-21,23-28H2,1-11H3,(H,54,55)/t31-,33+,34-,35+,36?,43+,44-,45-,46+/m1/s1. The number of esters is 1. The highest BCUT2D eigenvalue weighted by Crippen LogP contribution is 2.77. The lowest BCUT2D eigenvalue weighted by Gasteiger charge is -2.72. The van der Waals surface area contributed by atoms with Gasteiger partial charge >= 0.3 is 11.9 Å². The molecule has 56 heavy (non-hydrogen) atoms. The summed E-state index contributed by atoms with van der Waals surface area (Å²) in [7, 11) is 4.14. The molecule has 312 valence electrons. The molecule has 10 nitrogen and oxygen atoms in total. The molecule has 1 aromatic heterocycles. The Morgan fingerprint density at radius 3 is 2.30 bits per heavy atom. The summed E-state index contributed by atoms with van der Waals surface area (Å²) in [5, 5.41) is 30.8. The molecule has 9 atom stereocenters. The number of hydrogen-bond donors (Lipinski definition) is 2. The molecule has 4 saturated carbocycles. The van der Waals surface area contributed by atoms with E-state index in [0.717, 1.165) is 75.7 Å². The Morgan fingerprint density at radius 2 is 1.68 bits per heavy atom. The van der Waals surface area contributed by atoms with Crippen LogP contribution < -0.4 is 0 Å². The summed E-state index contributed by atoms with van der Waals surface area (Å²) in [6.45, 7) is 22.4. The van der Waals surface area contributed by atoms with E-state index in [1.807, 2.05) is 12.1 Å². The average molecular weight is 777 g/mol. The third kappa shape index (κ3) is 7.09. The summed E-state index contributed by atoms with van der Waals surface area (Å²) >= 11 is 0. The number of ketones is 1. The number of aliphatic hydroxyl groups is 1. The number of fused-ring (bicyclic) bond motifs is 7. The lowest BCUT2D eigenvalue weighted by molar-refractivity contribution is -0.235. The van der Waals surface area contributed by atoms with Crippen molar-refractivity contribution in [3.63, 3.8) is 0 Å². The van der Waals surface area contributed by atoms with E-state index in [1.54, 1.807) is 20.0 Å². The molecule has 1 aromatic rings. The van der Waals surface area contributed by atoms with E-state index >= 15 is 0 Å². The number of nitrogens with zero attached hydrogens (tertiary/aromatic N) is 4. The van der Waals surface area contributed by atoms with Crippen molar-refractivity contribution < 1.29 is 29.3 Å². The molecule has 0 bridgehead atoms. The average Bonchev–Trinajstić information content (AvgIpc) is 3.42. The number of aromatic nitrogens is 2. The molecule has 2 N–H and O–H groups in total. The summed E-state index contributed by atoms with van der Waals surface area (Å²) < 4.78 is 6.19. The number of ether oxygens (including phenoxy) is 1. The summed E-state index contributed by atoms with van der Waals surface area (Å²) in [5.41, 5.74) is 1.22. The van der Waals surface area contributed by atoms with Crippen molar-refractivity contribution in [2.45, 2.75) is 145 Å². The molecular formula is C46H72N4O6. The SMILES string of the molecule is CC(C)C1=C2[C@H]3CC[C@@H]4[C@@]5(C)CCC(OC(=O)CC(C)(C)C(=O)O)C(C)(C)[C@@H]5CC[C@@]4(C)[C@]3(C)CC[C@@]2([C@@H](O)CN(CCN(C)C)Cc2cccnn2)CC1=O. The molecule has 1 unspecified atom stereocenters. The highest BCUT2D eigenvalue weighted by Gasteiger charge is 2.71. The predicted octanol–water partition coefficient (Wildman–Crippen LogP) is 7.59. The van der Waals surface area contributed by atoms with E-state index in [-0.39, 0.29) is 51.8 Å². The largest absolute Gasteiger partial charge is 0.481 e. The third-order valence-electron chi connectivity index (χ3n) is 16.8. The second-order valence-corrected chi connectivity index (χ2v) is 21.3. The van der Waals surface area contributed by atoms with Crippen molar-refractivity contribution in [2.24, 2.45) is 56.2 Å². The fourth-order valence-electron chi connectivity index (χ4n) is 13.6. The lowest BCUT2D eigenvalue weighted by atomic mass is 9.33. The molecule has 5 aliphatic carbocycles. The first-order chi connectivity index (χ1) is 26.0. The molecule has 0 amide bonds. The number of rotatable bonds is 13. The van der Waals surface area contributed by atoms with Gasteiger partial charge in [0.1, 0.15) is 6.10 Å². The van der Waals surface area contributed by atoms with Gasteiger partial charge in [-0.25, -0.2) is 0 Å². The van der Waals surface area contributed by atoms with Crippen molar-refractivity contribution in [1.82, 2.24) is 20.0 Å². The Hall–Kier alpha value is -2.69. The third-order valence-corrected chi connectivity index (χ3v) is 16.8. The number of Topliss-reactive ketones (excluding diaryl/α,β-unsaturated/α-hetero) is 1. The van der Waals surface area contributed by atoms with Gasteiger partial charge in [-0.3, -0.25) is 19.3 Å². The monoisotopic (exact) mass is 777 g/mol. The van der Waals surface area contributed by atoms with E-state index in [9.17, 15) is 24.6 Å². The number of aliphatic carboxylic acids is 1. The summed E-state index contributed by atoms with van der Waals surface area (Å²) in [4.78, 5) is 43.7. The maximum Gasteiger partial charge on any atom is 0.309 e. The van der Waals surface area contributed by atoms with E-state index in [2.05, 4.69) is 82.6 Å². The molecule has 0 radical (unpaired) electrons. The van der Waals surface area contributed by atoms with Crippen LogP contribution in [0.1, 0.15) is 132 Å². The van der Waals surface area contributed by atoms with Crippen LogP contribution >= 0.6 is 0 Å². The van der Waals surface area contributed by atoms with E-state index in [0.29, 0.717) is 31.3 Å². The van der Waals surface area contributed by atoms with Gasteiger partial charge in [-0.1, -0.05) is 54.0 Å². The van der Waals surface area contributed by atoms with Gasteiger partial charge < -0.3 is 19.8 Å². The fourth-order valence-corrected chi connectivity index (χ4v) is 13.6. The highest BCUT2D eigenvalue weighted by atomic mass is 16.5. The number of likely N-dealkylation sites (N-methyl/N-ethyl adjacent to an activating group) is 1. The van der Waals surface area contributed by atoms with Gasteiger partial charge in [-0.15, -0.1) is 0 Å². The quantitative estimate of drug-likeness (QED) is 0.193. The summed E-state index contributed by atoms with van der Waals surface area (Å²) in [5.74, 6) is -0.0208. The number of carbonyl (C=O) groups is 3. The zero-order valence-corrected chi connectivity index (χ0v) is 36.4. The van der Waals surface area contributed by atoms with Crippen LogP contribution in [-0.2, 0) is 25.7 Å². The second kappa shape index (κ2) is 15.2. The van der Waals surface area contributed by atoms with Gasteiger partial charge in [0.25, 0.3) is 0 Å². The molecule has 5 aliphatic rings. The lowest BCUT2D eigenvalue weighted by Crippen LogP contribution is -2.66. The molecule has 0 aromatic carbocycles. The smallest absolute Gasteiger partial charge is 0.309 e. The van der Waals surface area contributed by atoms with Gasteiger partial charge in [-0.2, -0.15) is 10.2 Å². The molecule has 6 rings (SSSR count). The van der Waals surface area contributed by atoms with Crippen LogP contribution in [0.2, 0.25) is 0 Å². The van der Waals surface area contributed by atoms with E-state index < -0.39 is 28.9 Å². The number of carboxylic acid groups (broad SMARTS) is 1. The van der Waals surface area contributed by atoms with Crippen molar-refractivity contribution in [2.75, 3.05) is 33.7 Å². The summed E-state index contributed by atoms with van der Waals surface area (Å²) in [6.07, 6.45) is 8.76. The molecule has 0 saturated heterocycles. The first-order valence-corrected chi connectivity index (χ1v) is 21.6. The minimum Gasteiger partial charge on any atom is -0.481 e. The van der Waals surface area contributed by atoms with Crippen LogP contribution in [-0.4, -0.2) is 93.9 Å².